The smallest absolute Gasteiger partial charge is 0.150 e. The summed E-state index contributed by atoms with van der Waals surface area (Å²) in [6, 6.07) is 19.5. The minimum Gasteiger partial charge on any atom is -0.298 e. The Kier molecular flexibility index (Phi) is 3.06. The van der Waals surface area contributed by atoms with Crippen LogP contribution in [0.3, 0.4) is 0 Å². The molecular formula is C17H11ClO. The van der Waals surface area contributed by atoms with Gasteiger partial charge in [0.25, 0.3) is 0 Å². The Labute approximate surface area is 116 Å². The van der Waals surface area contributed by atoms with E-state index in [2.05, 4.69) is 6.07 Å². The molecule has 0 radical (unpaired) electrons. The first-order valence-electron chi connectivity index (χ1n) is 6.02. The van der Waals surface area contributed by atoms with Crippen LogP contribution in [0.4, 0.5) is 0 Å². The topological polar surface area (TPSA) is 17.1 Å². The van der Waals surface area contributed by atoms with E-state index < -0.39 is 0 Å². The molecular weight excluding hydrogens is 256 g/mol. The second-order valence-electron chi connectivity index (χ2n) is 4.38. The molecule has 0 saturated heterocycles. The van der Waals surface area contributed by atoms with E-state index in [1.54, 1.807) is 0 Å². The highest BCUT2D eigenvalue weighted by Crippen LogP contribution is 2.29. The van der Waals surface area contributed by atoms with E-state index in [4.69, 9.17) is 11.6 Å². The Hall–Kier alpha value is -2.12. The lowest BCUT2D eigenvalue weighted by Gasteiger charge is -2.07. The molecule has 0 amide bonds. The van der Waals surface area contributed by atoms with Crippen LogP contribution in [0.25, 0.3) is 21.9 Å². The molecule has 0 spiro atoms. The zero-order chi connectivity index (χ0) is 13.2. The van der Waals surface area contributed by atoms with Crippen molar-refractivity contribution in [3.63, 3.8) is 0 Å². The second kappa shape index (κ2) is 4.87. The predicted octanol–water partition coefficient (Wildman–Crippen LogP) is 4.97. The van der Waals surface area contributed by atoms with Crippen LogP contribution >= 0.6 is 11.6 Å². The van der Waals surface area contributed by atoms with Crippen molar-refractivity contribution in [2.75, 3.05) is 0 Å². The SMILES string of the molecule is O=Cc1ccccc1-c1ccc2c(Cl)cccc2c1. The quantitative estimate of drug-likeness (QED) is 0.598. The third-order valence-corrected chi connectivity index (χ3v) is 3.56. The van der Waals surface area contributed by atoms with Gasteiger partial charge >= 0.3 is 0 Å². The molecule has 0 unspecified atom stereocenters. The fraction of sp³-hybridized carbons (Fsp3) is 0. The van der Waals surface area contributed by atoms with Gasteiger partial charge < -0.3 is 0 Å². The first-order chi connectivity index (χ1) is 9.29. The number of fused-ring (bicyclic) bond motifs is 1. The summed E-state index contributed by atoms with van der Waals surface area (Å²) in [5.74, 6) is 0. The number of carbonyl (C=O) groups is 1. The number of hydrogen-bond donors (Lipinski definition) is 0. The molecule has 0 aliphatic rings. The number of rotatable bonds is 2. The summed E-state index contributed by atoms with van der Waals surface area (Å²) in [5, 5.41) is 2.84. The zero-order valence-electron chi connectivity index (χ0n) is 10.1. The average Bonchev–Trinajstić information content (AvgIpc) is 2.47. The molecule has 0 saturated carbocycles. The molecule has 92 valence electrons. The Morgan fingerprint density at radius 1 is 0.895 bits per heavy atom. The summed E-state index contributed by atoms with van der Waals surface area (Å²) in [6.45, 7) is 0. The first-order valence-corrected chi connectivity index (χ1v) is 6.40. The normalized spacial score (nSPS) is 10.6. The molecule has 0 fully saturated rings. The van der Waals surface area contributed by atoms with Crippen LogP contribution in [0.5, 0.6) is 0 Å². The lowest BCUT2D eigenvalue weighted by atomic mass is 9.98. The molecule has 0 aliphatic heterocycles. The Morgan fingerprint density at radius 3 is 2.58 bits per heavy atom. The Bertz CT molecular complexity index is 762. The van der Waals surface area contributed by atoms with Crippen molar-refractivity contribution < 1.29 is 4.79 Å². The summed E-state index contributed by atoms with van der Waals surface area (Å²) in [6.07, 6.45) is 0.886. The third-order valence-electron chi connectivity index (χ3n) is 3.23. The van der Waals surface area contributed by atoms with Gasteiger partial charge in [0, 0.05) is 16.0 Å². The number of hydrogen-bond acceptors (Lipinski definition) is 1. The van der Waals surface area contributed by atoms with E-state index in [1.165, 1.54) is 0 Å². The van der Waals surface area contributed by atoms with Crippen molar-refractivity contribution in [3.8, 4) is 11.1 Å². The van der Waals surface area contributed by atoms with E-state index in [1.807, 2.05) is 54.6 Å². The van der Waals surface area contributed by atoms with E-state index in [0.717, 1.165) is 33.2 Å². The molecule has 3 aromatic carbocycles. The Balaban J connectivity index is 2.24. The van der Waals surface area contributed by atoms with Gasteiger partial charge in [0.15, 0.2) is 6.29 Å². The number of aldehydes is 1. The van der Waals surface area contributed by atoms with Crippen molar-refractivity contribution in [2.45, 2.75) is 0 Å². The van der Waals surface area contributed by atoms with Crippen LogP contribution < -0.4 is 0 Å². The van der Waals surface area contributed by atoms with Gasteiger partial charge in [-0.3, -0.25) is 4.79 Å². The van der Waals surface area contributed by atoms with Gasteiger partial charge in [-0.2, -0.15) is 0 Å². The highest BCUT2D eigenvalue weighted by molar-refractivity contribution is 6.35. The van der Waals surface area contributed by atoms with Gasteiger partial charge in [0.05, 0.1) is 0 Å². The van der Waals surface area contributed by atoms with E-state index in [-0.39, 0.29) is 0 Å². The van der Waals surface area contributed by atoms with Crippen molar-refractivity contribution in [1.82, 2.24) is 0 Å². The van der Waals surface area contributed by atoms with Crippen molar-refractivity contribution in [3.05, 3.63) is 71.2 Å². The minimum absolute atomic E-state index is 0.698. The maximum atomic E-state index is 11.1. The largest absolute Gasteiger partial charge is 0.298 e. The van der Waals surface area contributed by atoms with Crippen molar-refractivity contribution >= 4 is 28.7 Å². The fourth-order valence-corrected chi connectivity index (χ4v) is 2.52. The van der Waals surface area contributed by atoms with Gasteiger partial charge in [0.2, 0.25) is 0 Å². The van der Waals surface area contributed by atoms with E-state index in [0.29, 0.717) is 5.56 Å². The zero-order valence-corrected chi connectivity index (χ0v) is 10.9. The number of halogens is 1. The molecule has 2 heteroatoms. The van der Waals surface area contributed by atoms with E-state index in [9.17, 15) is 4.79 Å². The molecule has 0 heterocycles. The van der Waals surface area contributed by atoms with Crippen LogP contribution in [0.2, 0.25) is 5.02 Å². The van der Waals surface area contributed by atoms with Crippen LogP contribution in [0.1, 0.15) is 10.4 Å². The summed E-state index contributed by atoms with van der Waals surface area (Å²) < 4.78 is 0. The maximum absolute atomic E-state index is 11.1. The summed E-state index contributed by atoms with van der Waals surface area (Å²) in [5.41, 5.74) is 2.67. The lowest BCUT2D eigenvalue weighted by Crippen LogP contribution is -1.87. The number of carbonyl (C=O) groups excluding carboxylic acids is 1. The molecule has 0 aliphatic carbocycles. The predicted molar refractivity (Wildman–Crippen MR) is 79.8 cm³/mol. The van der Waals surface area contributed by atoms with Gasteiger partial charge in [0.1, 0.15) is 0 Å². The number of benzene rings is 3. The molecule has 0 atom stereocenters. The standard InChI is InChI=1S/C17H11ClO/c18-17-7-3-5-12-10-13(8-9-16(12)17)15-6-2-1-4-14(15)11-19/h1-11H. The molecule has 3 aromatic rings. The summed E-state index contributed by atoms with van der Waals surface area (Å²) >= 11 is 6.16. The highest BCUT2D eigenvalue weighted by atomic mass is 35.5. The maximum Gasteiger partial charge on any atom is 0.150 e. The van der Waals surface area contributed by atoms with Crippen LogP contribution in [-0.2, 0) is 0 Å². The highest BCUT2D eigenvalue weighted by Gasteiger charge is 2.05. The van der Waals surface area contributed by atoms with Crippen molar-refractivity contribution in [1.29, 1.82) is 0 Å². The minimum atomic E-state index is 0.698. The van der Waals surface area contributed by atoms with E-state index >= 15 is 0 Å². The Morgan fingerprint density at radius 2 is 1.74 bits per heavy atom. The molecule has 0 aromatic heterocycles. The molecule has 0 bridgehead atoms. The monoisotopic (exact) mass is 266 g/mol. The first kappa shape index (κ1) is 11.9. The molecule has 19 heavy (non-hydrogen) atoms. The van der Waals surface area contributed by atoms with Gasteiger partial charge in [-0.25, -0.2) is 0 Å². The van der Waals surface area contributed by atoms with Crippen LogP contribution in [0.15, 0.2) is 60.7 Å². The van der Waals surface area contributed by atoms with Crippen LogP contribution in [-0.4, -0.2) is 6.29 Å². The fourth-order valence-electron chi connectivity index (χ4n) is 2.27. The second-order valence-corrected chi connectivity index (χ2v) is 4.79. The summed E-state index contributed by atoms with van der Waals surface area (Å²) in [7, 11) is 0. The average molecular weight is 267 g/mol. The van der Waals surface area contributed by atoms with Crippen LogP contribution in [0, 0.1) is 0 Å². The molecule has 1 nitrogen and oxygen atoms in total. The third kappa shape index (κ3) is 2.13. The van der Waals surface area contributed by atoms with Gasteiger partial charge in [-0.15, -0.1) is 0 Å². The van der Waals surface area contributed by atoms with Crippen molar-refractivity contribution in [2.24, 2.45) is 0 Å². The lowest BCUT2D eigenvalue weighted by molar-refractivity contribution is 0.112. The molecule has 3 rings (SSSR count). The van der Waals surface area contributed by atoms with Gasteiger partial charge in [-0.05, 0) is 28.6 Å². The summed E-state index contributed by atoms with van der Waals surface area (Å²) in [4.78, 5) is 11.1. The molecule has 0 N–H and O–H groups in total. The van der Waals surface area contributed by atoms with Gasteiger partial charge in [-0.1, -0.05) is 60.1 Å².